The molecule has 1 aromatic carbocycles. The number of aliphatic hydroxyl groups is 1. The van der Waals surface area contributed by atoms with E-state index in [1.165, 1.54) is 18.2 Å². The lowest BCUT2D eigenvalue weighted by Crippen LogP contribution is -2.43. The SMILES string of the molecule is NC(=O)C1CC(O)CN1S(=O)(=O)c1ccc(Cl)c(Cl)c1. The molecule has 1 aromatic rings. The first-order valence-corrected chi connectivity index (χ1v) is 7.87. The molecule has 9 heteroatoms. The van der Waals surface area contributed by atoms with Crippen molar-refractivity contribution in [2.24, 2.45) is 5.73 Å². The molecule has 20 heavy (non-hydrogen) atoms. The summed E-state index contributed by atoms with van der Waals surface area (Å²) < 4.78 is 25.8. The van der Waals surface area contributed by atoms with Crippen LogP contribution in [0.15, 0.2) is 23.1 Å². The highest BCUT2D eigenvalue weighted by Gasteiger charge is 2.42. The van der Waals surface area contributed by atoms with Gasteiger partial charge in [0.05, 0.1) is 21.0 Å². The largest absolute Gasteiger partial charge is 0.392 e. The van der Waals surface area contributed by atoms with E-state index in [2.05, 4.69) is 0 Å². The number of nitrogens with zero attached hydrogens (tertiary/aromatic N) is 1. The first-order chi connectivity index (χ1) is 9.23. The molecule has 0 spiro atoms. The fraction of sp³-hybridized carbons (Fsp3) is 0.364. The van der Waals surface area contributed by atoms with Crippen molar-refractivity contribution in [1.82, 2.24) is 4.31 Å². The zero-order valence-corrected chi connectivity index (χ0v) is 12.5. The lowest BCUT2D eigenvalue weighted by molar-refractivity contribution is -0.121. The van der Waals surface area contributed by atoms with E-state index in [9.17, 15) is 18.3 Å². The molecule has 1 aliphatic heterocycles. The fourth-order valence-corrected chi connectivity index (χ4v) is 4.11. The number of hydrogen-bond donors (Lipinski definition) is 2. The average molecular weight is 339 g/mol. The highest BCUT2D eigenvalue weighted by Crippen LogP contribution is 2.30. The van der Waals surface area contributed by atoms with Crippen LogP contribution in [0, 0.1) is 0 Å². The van der Waals surface area contributed by atoms with Crippen LogP contribution in [-0.4, -0.2) is 42.4 Å². The molecule has 2 unspecified atom stereocenters. The summed E-state index contributed by atoms with van der Waals surface area (Å²) in [5, 5.41) is 9.87. The molecule has 1 aliphatic rings. The Kier molecular flexibility index (Phi) is 4.27. The first kappa shape index (κ1) is 15.5. The number of carbonyl (C=O) groups is 1. The molecule has 1 amide bonds. The van der Waals surface area contributed by atoms with Crippen LogP contribution in [0.1, 0.15) is 6.42 Å². The minimum Gasteiger partial charge on any atom is -0.392 e. The van der Waals surface area contributed by atoms with E-state index < -0.39 is 28.1 Å². The van der Waals surface area contributed by atoms with Gasteiger partial charge in [0.15, 0.2) is 0 Å². The quantitative estimate of drug-likeness (QED) is 0.842. The highest BCUT2D eigenvalue weighted by atomic mass is 35.5. The Morgan fingerprint density at radius 1 is 1.35 bits per heavy atom. The molecular weight excluding hydrogens is 327 g/mol. The molecule has 2 atom stereocenters. The number of carbonyl (C=O) groups excluding carboxylic acids is 1. The molecule has 2 rings (SSSR count). The summed E-state index contributed by atoms with van der Waals surface area (Å²) in [5.74, 6) is -0.801. The maximum Gasteiger partial charge on any atom is 0.243 e. The molecule has 6 nitrogen and oxygen atoms in total. The van der Waals surface area contributed by atoms with Crippen LogP contribution < -0.4 is 5.73 Å². The van der Waals surface area contributed by atoms with Crippen molar-refractivity contribution >= 4 is 39.1 Å². The maximum absolute atomic E-state index is 12.5. The van der Waals surface area contributed by atoms with Gasteiger partial charge >= 0.3 is 0 Å². The fourth-order valence-electron chi connectivity index (χ4n) is 2.08. The predicted octanol–water partition coefficient (Wildman–Crippen LogP) is 0.603. The van der Waals surface area contributed by atoms with Crippen molar-refractivity contribution in [2.45, 2.75) is 23.5 Å². The number of sulfonamides is 1. The van der Waals surface area contributed by atoms with E-state index in [1.807, 2.05) is 0 Å². The van der Waals surface area contributed by atoms with Crippen LogP contribution in [0.4, 0.5) is 0 Å². The third kappa shape index (κ3) is 2.77. The third-order valence-corrected chi connectivity index (χ3v) is 5.67. The zero-order valence-electron chi connectivity index (χ0n) is 10.2. The Morgan fingerprint density at radius 2 is 2.00 bits per heavy atom. The molecule has 0 bridgehead atoms. The molecule has 1 fully saturated rings. The lowest BCUT2D eigenvalue weighted by Gasteiger charge is -2.21. The minimum atomic E-state index is -3.98. The van der Waals surface area contributed by atoms with Gasteiger partial charge in [0.1, 0.15) is 6.04 Å². The number of hydrogen-bond acceptors (Lipinski definition) is 4. The van der Waals surface area contributed by atoms with Gasteiger partial charge in [-0.25, -0.2) is 8.42 Å². The molecule has 0 saturated carbocycles. The van der Waals surface area contributed by atoms with Gasteiger partial charge in [-0.1, -0.05) is 23.2 Å². The monoisotopic (exact) mass is 338 g/mol. The van der Waals surface area contributed by atoms with Gasteiger partial charge in [0.2, 0.25) is 15.9 Å². The summed E-state index contributed by atoms with van der Waals surface area (Å²) >= 11 is 11.5. The molecule has 0 aliphatic carbocycles. The number of nitrogens with two attached hydrogens (primary N) is 1. The normalized spacial score (nSPS) is 23.9. The second-order valence-electron chi connectivity index (χ2n) is 4.46. The Balaban J connectivity index is 2.43. The minimum absolute atomic E-state index is 0.0180. The first-order valence-electron chi connectivity index (χ1n) is 5.67. The number of benzene rings is 1. The van der Waals surface area contributed by atoms with E-state index >= 15 is 0 Å². The smallest absolute Gasteiger partial charge is 0.243 e. The highest BCUT2D eigenvalue weighted by molar-refractivity contribution is 7.89. The second-order valence-corrected chi connectivity index (χ2v) is 7.16. The van der Waals surface area contributed by atoms with Crippen LogP contribution in [-0.2, 0) is 14.8 Å². The van der Waals surface area contributed by atoms with Gasteiger partial charge in [-0.15, -0.1) is 0 Å². The summed E-state index contributed by atoms with van der Waals surface area (Å²) in [6.07, 6.45) is -0.944. The van der Waals surface area contributed by atoms with E-state index in [4.69, 9.17) is 28.9 Å². The molecule has 0 aromatic heterocycles. The van der Waals surface area contributed by atoms with Gasteiger partial charge in [-0.05, 0) is 18.2 Å². The van der Waals surface area contributed by atoms with Crippen molar-refractivity contribution in [2.75, 3.05) is 6.54 Å². The summed E-state index contributed by atoms with van der Waals surface area (Å²) in [5.41, 5.74) is 5.18. The molecular formula is C11H12Cl2N2O4S. The Hall–Kier alpha value is -0.860. The number of halogens is 2. The summed E-state index contributed by atoms with van der Waals surface area (Å²) in [4.78, 5) is 11.2. The molecule has 3 N–H and O–H groups in total. The van der Waals surface area contributed by atoms with Crippen LogP contribution in [0.5, 0.6) is 0 Å². The predicted molar refractivity (Wildman–Crippen MR) is 74.0 cm³/mol. The Bertz CT molecular complexity index is 650. The number of rotatable bonds is 3. The molecule has 0 radical (unpaired) electrons. The summed E-state index contributed by atoms with van der Waals surface area (Å²) in [6.45, 7) is -0.184. The third-order valence-electron chi connectivity index (χ3n) is 3.06. The van der Waals surface area contributed by atoms with Gasteiger partial charge in [-0.3, -0.25) is 4.79 Å². The lowest BCUT2D eigenvalue weighted by atomic mass is 10.2. The van der Waals surface area contributed by atoms with Gasteiger partial charge in [0, 0.05) is 13.0 Å². The second kappa shape index (κ2) is 5.50. The van der Waals surface area contributed by atoms with Crippen LogP contribution in [0.3, 0.4) is 0 Å². The van der Waals surface area contributed by atoms with Gasteiger partial charge < -0.3 is 10.8 Å². The number of aliphatic hydroxyl groups excluding tert-OH is 1. The van der Waals surface area contributed by atoms with Crippen LogP contribution in [0.25, 0.3) is 0 Å². The standard InChI is InChI=1S/C11H12Cl2N2O4S/c12-8-2-1-7(4-9(8)13)20(18,19)15-5-6(16)3-10(15)11(14)17/h1-2,4,6,10,16H,3,5H2,(H2,14,17). The van der Waals surface area contributed by atoms with E-state index in [0.717, 1.165) is 4.31 Å². The van der Waals surface area contributed by atoms with E-state index in [1.54, 1.807) is 0 Å². The van der Waals surface area contributed by atoms with E-state index in [0.29, 0.717) is 0 Å². The van der Waals surface area contributed by atoms with Crippen LogP contribution >= 0.6 is 23.2 Å². The summed E-state index contributed by atoms with van der Waals surface area (Å²) in [7, 11) is -3.98. The number of amides is 1. The van der Waals surface area contributed by atoms with Crippen molar-refractivity contribution in [1.29, 1.82) is 0 Å². The van der Waals surface area contributed by atoms with Crippen molar-refractivity contribution in [3.8, 4) is 0 Å². The molecule has 1 heterocycles. The molecule has 1 saturated heterocycles. The van der Waals surface area contributed by atoms with Crippen molar-refractivity contribution in [3.05, 3.63) is 28.2 Å². The average Bonchev–Trinajstić information content (AvgIpc) is 2.75. The zero-order chi connectivity index (χ0) is 15.1. The number of primary amides is 1. The van der Waals surface area contributed by atoms with Crippen molar-refractivity contribution < 1.29 is 18.3 Å². The van der Waals surface area contributed by atoms with E-state index in [-0.39, 0.29) is 27.9 Å². The number of β-amino-alcohol motifs (C(OH)–C–C–N with tert-alkyl or cyclic N) is 1. The summed E-state index contributed by atoms with van der Waals surface area (Å²) in [6, 6.07) is 2.76. The van der Waals surface area contributed by atoms with Gasteiger partial charge in [-0.2, -0.15) is 4.31 Å². The van der Waals surface area contributed by atoms with Gasteiger partial charge in [0.25, 0.3) is 0 Å². The van der Waals surface area contributed by atoms with Crippen molar-refractivity contribution in [3.63, 3.8) is 0 Å². The van der Waals surface area contributed by atoms with Crippen LogP contribution in [0.2, 0.25) is 10.0 Å². The molecule has 110 valence electrons. The maximum atomic E-state index is 12.5. The Labute approximate surface area is 126 Å². The topological polar surface area (TPSA) is 101 Å². The Morgan fingerprint density at radius 3 is 2.55 bits per heavy atom.